The van der Waals surface area contributed by atoms with E-state index in [1.165, 1.54) is 6.07 Å². The minimum absolute atomic E-state index is 0.0140. The van der Waals surface area contributed by atoms with Crippen molar-refractivity contribution in [3.8, 4) is 0 Å². The second-order valence-electron chi connectivity index (χ2n) is 7.14. The third-order valence-electron chi connectivity index (χ3n) is 5.04. The summed E-state index contributed by atoms with van der Waals surface area (Å²) in [6.45, 7) is 3.31. The normalized spacial score (nSPS) is 15.5. The van der Waals surface area contributed by atoms with E-state index >= 15 is 0 Å². The molecule has 2 aromatic carbocycles. The van der Waals surface area contributed by atoms with E-state index < -0.39 is 4.92 Å². The number of hydrogen-bond donors (Lipinski definition) is 1. The van der Waals surface area contributed by atoms with E-state index in [0.717, 1.165) is 18.7 Å². The van der Waals surface area contributed by atoms with Crippen molar-refractivity contribution in [1.82, 2.24) is 10.2 Å². The second kappa shape index (κ2) is 9.49. The summed E-state index contributed by atoms with van der Waals surface area (Å²) in [6.07, 6.45) is 0. The topological polar surface area (TPSA) is 88.0 Å². The summed E-state index contributed by atoms with van der Waals surface area (Å²) >= 11 is 0. The number of morpholine rings is 1. The molecule has 1 amide bonds. The van der Waals surface area contributed by atoms with Crippen molar-refractivity contribution in [3.05, 3.63) is 69.8 Å². The number of carbonyl (C=O) groups excluding carboxylic acids is 1. The largest absolute Gasteiger partial charge is 0.379 e. The van der Waals surface area contributed by atoms with E-state index in [2.05, 4.69) is 10.2 Å². The van der Waals surface area contributed by atoms with E-state index in [1.807, 2.05) is 30.3 Å². The first-order valence-electron chi connectivity index (χ1n) is 9.58. The standard InChI is InChI=1S/C21H26N4O4/c1-23(2)18-9-8-17(14-19(18)25(27)28)21(26)22-15-20(16-6-4-3-5-7-16)24-10-12-29-13-11-24/h3-9,14,20H,10-13,15H2,1-2H3,(H,22,26). The fraction of sp³-hybridized carbons (Fsp3) is 0.381. The molecule has 3 rings (SSSR count). The van der Waals surface area contributed by atoms with Crippen molar-refractivity contribution in [2.75, 3.05) is 51.8 Å². The Morgan fingerprint density at radius 1 is 1.21 bits per heavy atom. The van der Waals surface area contributed by atoms with E-state index in [0.29, 0.717) is 25.4 Å². The fourth-order valence-electron chi connectivity index (χ4n) is 3.50. The lowest BCUT2D eigenvalue weighted by Gasteiger charge is -2.35. The molecule has 29 heavy (non-hydrogen) atoms. The van der Waals surface area contributed by atoms with Gasteiger partial charge in [-0.2, -0.15) is 0 Å². The highest BCUT2D eigenvalue weighted by Crippen LogP contribution is 2.28. The number of rotatable bonds is 7. The van der Waals surface area contributed by atoms with Crippen LogP contribution in [0.4, 0.5) is 11.4 Å². The number of amides is 1. The van der Waals surface area contributed by atoms with E-state index in [-0.39, 0.29) is 23.2 Å². The number of anilines is 1. The Hall–Kier alpha value is -2.97. The molecule has 1 heterocycles. The molecule has 1 fully saturated rings. The Morgan fingerprint density at radius 2 is 1.90 bits per heavy atom. The molecule has 1 saturated heterocycles. The lowest BCUT2D eigenvalue weighted by atomic mass is 10.0. The number of carbonyl (C=O) groups is 1. The molecule has 154 valence electrons. The molecule has 0 radical (unpaired) electrons. The van der Waals surface area contributed by atoms with Crippen LogP contribution in [0.3, 0.4) is 0 Å². The third kappa shape index (κ3) is 5.10. The van der Waals surface area contributed by atoms with Crippen LogP contribution in [-0.4, -0.2) is 62.7 Å². The number of hydrogen-bond acceptors (Lipinski definition) is 6. The molecule has 8 nitrogen and oxygen atoms in total. The molecule has 1 unspecified atom stereocenters. The quantitative estimate of drug-likeness (QED) is 0.569. The maximum atomic E-state index is 12.7. The van der Waals surface area contributed by atoms with E-state index in [4.69, 9.17) is 4.74 Å². The van der Waals surface area contributed by atoms with Gasteiger partial charge in [0.05, 0.1) is 24.2 Å². The highest BCUT2D eigenvalue weighted by Gasteiger charge is 2.24. The van der Waals surface area contributed by atoms with Gasteiger partial charge in [-0.25, -0.2) is 0 Å². The minimum atomic E-state index is -0.466. The molecule has 0 bridgehead atoms. The molecular formula is C21H26N4O4. The number of nitro benzene ring substituents is 1. The van der Waals surface area contributed by atoms with Gasteiger partial charge in [0, 0.05) is 45.4 Å². The van der Waals surface area contributed by atoms with Gasteiger partial charge in [0.1, 0.15) is 5.69 Å². The summed E-state index contributed by atoms with van der Waals surface area (Å²) in [5.41, 5.74) is 1.76. The lowest BCUT2D eigenvalue weighted by Crippen LogP contribution is -2.43. The average Bonchev–Trinajstić information content (AvgIpc) is 2.74. The molecule has 1 atom stereocenters. The molecule has 0 aliphatic carbocycles. The Morgan fingerprint density at radius 3 is 2.52 bits per heavy atom. The first kappa shape index (κ1) is 20.8. The monoisotopic (exact) mass is 398 g/mol. The average molecular weight is 398 g/mol. The van der Waals surface area contributed by atoms with Crippen molar-refractivity contribution in [2.45, 2.75) is 6.04 Å². The molecule has 0 aromatic heterocycles. The summed E-state index contributed by atoms with van der Waals surface area (Å²) in [7, 11) is 3.46. The maximum Gasteiger partial charge on any atom is 0.293 e. The molecule has 1 aliphatic rings. The highest BCUT2D eigenvalue weighted by atomic mass is 16.6. The number of nitro groups is 1. The smallest absolute Gasteiger partial charge is 0.293 e. The molecule has 8 heteroatoms. The lowest BCUT2D eigenvalue weighted by molar-refractivity contribution is -0.384. The fourth-order valence-corrected chi connectivity index (χ4v) is 3.50. The van der Waals surface area contributed by atoms with Crippen LogP contribution in [0.25, 0.3) is 0 Å². The van der Waals surface area contributed by atoms with Crippen LogP contribution in [0.15, 0.2) is 48.5 Å². The molecule has 1 N–H and O–H groups in total. The minimum Gasteiger partial charge on any atom is -0.379 e. The molecule has 0 saturated carbocycles. The Labute approximate surface area is 170 Å². The number of nitrogens with zero attached hydrogens (tertiary/aromatic N) is 3. The molecule has 0 spiro atoms. The van der Waals surface area contributed by atoms with Crippen LogP contribution in [0.5, 0.6) is 0 Å². The van der Waals surface area contributed by atoms with Crippen molar-refractivity contribution >= 4 is 17.3 Å². The molecule has 1 aliphatic heterocycles. The summed E-state index contributed by atoms with van der Waals surface area (Å²) in [4.78, 5) is 27.6. The van der Waals surface area contributed by atoms with Crippen molar-refractivity contribution in [2.24, 2.45) is 0 Å². The van der Waals surface area contributed by atoms with Crippen LogP contribution in [-0.2, 0) is 4.74 Å². The van der Waals surface area contributed by atoms with Gasteiger partial charge in [-0.3, -0.25) is 19.8 Å². The van der Waals surface area contributed by atoms with Gasteiger partial charge in [-0.1, -0.05) is 30.3 Å². The Balaban J connectivity index is 1.76. The Bertz CT molecular complexity index is 851. The van der Waals surface area contributed by atoms with Crippen molar-refractivity contribution in [1.29, 1.82) is 0 Å². The number of benzene rings is 2. The zero-order chi connectivity index (χ0) is 20.8. The van der Waals surface area contributed by atoms with Crippen LogP contribution in [0.2, 0.25) is 0 Å². The summed E-state index contributed by atoms with van der Waals surface area (Å²) in [6, 6.07) is 14.6. The second-order valence-corrected chi connectivity index (χ2v) is 7.14. The molecular weight excluding hydrogens is 372 g/mol. The summed E-state index contributed by atoms with van der Waals surface area (Å²) in [5, 5.41) is 14.3. The van der Waals surface area contributed by atoms with Crippen molar-refractivity contribution < 1.29 is 14.5 Å². The van der Waals surface area contributed by atoms with E-state index in [1.54, 1.807) is 31.1 Å². The third-order valence-corrected chi connectivity index (χ3v) is 5.04. The van der Waals surface area contributed by atoms with Crippen LogP contribution >= 0.6 is 0 Å². The van der Waals surface area contributed by atoms with Crippen LogP contribution in [0, 0.1) is 10.1 Å². The number of ether oxygens (including phenoxy) is 1. The van der Waals surface area contributed by atoms with Gasteiger partial charge in [0.2, 0.25) is 0 Å². The van der Waals surface area contributed by atoms with Gasteiger partial charge >= 0.3 is 0 Å². The predicted octanol–water partition coefficient (Wildman–Crippen LogP) is 2.46. The van der Waals surface area contributed by atoms with Crippen molar-refractivity contribution in [3.63, 3.8) is 0 Å². The summed E-state index contributed by atoms with van der Waals surface area (Å²) in [5.74, 6) is -0.326. The van der Waals surface area contributed by atoms with Gasteiger partial charge < -0.3 is 15.0 Å². The summed E-state index contributed by atoms with van der Waals surface area (Å²) < 4.78 is 5.45. The van der Waals surface area contributed by atoms with Crippen LogP contribution < -0.4 is 10.2 Å². The van der Waals surface area contributed by atoms with E-state index in [9.17, 15) is 14.9 Å². The first-order valence-corrected chi connectivity index (χ1v) is 9.58. The van der Waals surface area contributed by atoms with Gasteiger partial charge in [-0.05, 0) is 17.7 Å². The van der Waals surface area contributed by atoms with Crippen LogP contribution in [0.1, 0.15) is 22.0 Å². The zero-order valence-corrected chi connectivity index (χ0v) is 16.7. The van der Waals surface area contributed by atoms with Gasteiger partial charge in [-0.15, -0.1) is 0 Å². The molecule has 2 aromatic rings. The van der Waals surface area contributed by atoms with Gasteiger partial charge in [0.25, 0.3) is 11.6 Å². The SMILES string of the molecule is CN(C)c1ccc(C(=O)NCC(c2ccccc2)N2CCOCC2)cc1[N+](=O)[O-]. The Kier molecular flexibility index (Phi) is 6.79. The number of nitrogens with one attached hydrogen (secondary N) is 1. The maximum absolute atomic E-state index is 12.7. The first-order chi connectivity index (χ1) is 14.0. The zero-order valence-electron chi connectivity index (χ0n) is 16.7. The predicted molar refractivity (Wildman–Crippen MR) is 111 cm³/mol. The highest BCUT2D eigenvalue weighted by molar-refractivity contribution is 5.95. The van der Waals surface area contributed by atoms with Gasteiger partial charge in [0.15, 0.2) is 0 Å².